The first-order valence-corrected chi connectivity index (χ1v) is 10.2. The fourth-order valence-electron chi connectivity index (χ4n) is 3.42. The lowest BCUT2D eigenvalue weighted by Gasteiger charge is -2.23. The number of imide groups is 1. The molecule has 0 aromatic heterocycles. The second-order valence-electron chi connectivity index (χ2n) is 8.37. The summed E-state index contributed by atoms with van der Waals surface area (Å²) in [6, 6.07) is 14.7. The van der Waals surface area contributed by atoms with Crippen molar-refractivity contribution in [2.24, 2.45) is 0 Å². The summed E-state index contributed by atoms with van der Waals surface area (Å²) >= 11 is 0. The first kappa shape index (κ1) is 22.2. The number of nitrogens with zero attached hydrogens (tertiary/aromatic N) is 1. The molecule has 31 heavy (non-hydrogen) atoms. The standard InChI is InChI=1S/C24H26N2O5/c1-24(2,3)31-23(30)25-20(16-10-5-4-6-11-16)19(27)14-9-15-26-21(28)17-12-7-8-13-18(17)22(26)29/h4-8,10-13,20H,9,14-15H2,1-3H3,(H,25,30)/t20-/m0/s1. The minimum atomic E-state index is -0.877. The van der Waals surface area contributed by atoms with Gasteiger partial charge in [0.15, 0.2) is 5.78 Å². The van der Waals surface area contributed by atoms with Gasteiger partial charge in [-0.1, -0.05) is 42.5 Å². The molecule has 0 spiro atoms. The molecular formula is C24H26N2O5. The lowest BCUT2D eigenvalue weighted by atomic mass is 9.99. The molecule has 0 aliphatic carbocycles. The highest BCUT2D eigenvalue weighted by Crippen LogP contribution is 2.23. The molecular weight excluding hydrogens is 396 g/mol. The molecule has 1 atom stereocenters. The van der Waals surface area contributed by atoms with E-state index in [0.29, 0.717) is 23.1 Å². The number of rotatable bonds is 7. The van der Waals surface area contributed by atoms with Gasteiger partial charge in [0.2, 0.25) is 0 Å². The van der Waals surface area contributed by atoms with Crippen LogP contribution in [0.3, 0.4) is 0 Å². The van der Waals surface area contributed by atoms with Gasteiger partial charge in [0.25, 0.3) is 11.8 Å². The average Bonchev–Trinajstić information content (AvgIpc) is 2.96. The molecule has 3 amide bonds. The number of hydrogen-bond donors (Lipinski definition) is 1. The number of hydrogen-bond acceptors (Lipinski definition) is 5. The molecule has 1 N–H and O–H groups in total. The zero-order chi connectivity index (χ0) is 22.6. The number of nitrogens with one attached hydrogen (secondary N) is 1. The fourth-order valence-corrected chi connectivity index (χ4v) is 3.42. The van der Waals surface area contributed by atoms with Crippen LogP contribution in [0.4, 0.5) is 4.79 Å². The van der Waals surface area contributed by atoms with E-state index in [9.17, 15) is 19.2 Å². The van der Waals surface area contributed by atoms with Gasteiger partial charge in [-0.3, -0.25) is 19.3 Å². The van der Waals surface area contributed by atoms with Gasteiger partial charge < -0.3 is 10.1 Å². The highest BCUT2D eigenvalue weighted by atomic mass is 16.6. The van der Waals surface area contributed by atoms with Crippen molar-refractivity contribution in [1.82, 2.24) is 10.2 Å². The van der Waals surface area contributed by atoms with Crippen LogP contribution in [0.25, 0.3) is 0 Å². The number of benzene rings is 2. The van der Waals surface area contributed by atoms with Crippen LogP contribution in [-0.2, 0) is 9.53 Å². The number of amides is 3. The van der Waals surface area contributed by atoms with E-state index in [0.717, 1.165) is 4.90 Å². The summed E-state index contributed by atoms with van der Waals surface area (Å²) in [4.78, 5) is 51.3. The molecule has 0 saturated carbocycles. The smallest absolute Gasteiger partial charge is 0.408 e. The third-order valence-corrected chi connectivity index (χ3v) is 4.80. The van der Waals surface area contributed by atoms with Gasteiger partial charge in [0.05, 0.1) is 11.1 Å². The number of ether oxygens (including phenoxy) is 1. The molecule has 0 radical (unpaired) electrons. The van der Waals surface area contributed by atoms with Gasteiger partial charge >= 0.3 is 6.09 Å². The summed E-state index contributed by atoms with van der Waals surface area (Å²) in [5, 5.41) is 2.64. The Morgan fingerprint density at radius 3 is 2.03 bits per heavy atom. The van der Waals surface area contributed by atoms with Gasteiger partial charge in [-0.15, -0.1) is 0 Å². The Labute approximate surface area is 181 Å². The minimum Gasteiger partial charge on any atom is -0.444 e. The number of carbonyl (C=O) groups is 4. The second kappa shape index (κ2) is 9.12. The molecule has 1 heterocycles. The fraction of sp³-hybridized carbons (Fsp3) is 0.333. The molecule has 2 aromatic rings. The van der Waals surface area contributed by atoms with Gasteiger partial charge in [-0.2, -0.15) is 0 Å². The normalized spacial score (nSPS) is 14.2. The quantitative estimate of drug-likeness (QED) is 0.683. The number of alkyl carbamates (subject to hydrolysis) is 1. The number of Topliss-reactive ketones (excluding diaryl/α,β-unsaturated/α-hetero) is 1. The lowest BCUT2D eigenvalue weighted by Crippen LogP contribution is -2.38. The highest BCUT2D eigenvalue weighted by molar-refractivity contribution is 6.21. The largest absolute Gasteiger partial charge is 0.444 e. The molecule has 7 nitrogen and oxygen atoms in total. The Morgan fingerprint density at radius 2 is 1.48 bits per heavy atom. The summed E-state index contributed by atoms with van der Waals surface area (Å²) in [5.74, 6) is -0.923. The Hall–Kier alpha value is -3.48. The maximum Gasteiger partial charge on any atom is 0.408 e. The predicted octanol–water partition coefficient (Wildman–Crippen LogP) is 3.90. The van der Waals surface area contributed by atoms with E-state index in [1.54, 1.807) is 69.3 Å². The predicted molar refractivity (Wildman–Crippen MR) is 115 cm³/mol. The third kappa shape index (κ3) is 5.36. The zero-order valence-electron chi connectivity index (χ0n) is 17.9. The summed E-state index contributed by atoms with van der Waals surface area (Å²) in [6.07, 6.45) is -0.304. The van der Waals surface area contributed by atoms with Gasteiger partial charge in [0.1, 0.15) is 11.6 Å². The molecule has 3 rings (SSSR count). The van der Waals surface area contributed by atoms with E-state index in [2.05, 4.69) is 5.32 Å². The number of fused-ring (bicyclic) bond motifs is 1. The number of ketones is 1. The van der Waals surface area contributed by atoms with Crippen molar-refractivity contribution in [3.63, 3.8) is 0 Å². The SMILES string of the molecule is CC(C)(C)OC(=O)N[C@H](C(=O)CCCN1C(=O)c2ccccc2C1=O)c1ccccc1. The first-order valence-electron chi connectivity index (χ1n) is 10.2. The molecule has 0 bridgehead atoms. The van der Waals surface area contributed by atoms with Crippen LogP contribution >= 0.6 is 0 Å². The van der Waals surface area contributed by atoms with Crippen molar-refractivity contribution in [1.29, 1.82) is 0 Å². The van der Waals surface area contributed by atoms with Gasteiger partial charge in [-0.05, 0) is 44.9 Å². The van der Waals surface area contributed by atoms with Crippen molar-refractivity contribution in [3.8, 4) is 0 Å². The maximum absolute atomic E-state index is 12.9. The molecule has 2 aromatic carbocycles. The van der Waals surface area contributed by atoms with Crippen molar-refractivity contribution in [3.05, 3.63) is 71.3 Å². The third-order valence-electron chi connectivity index (χ3n) is 4.80. The van der Waals surface area contributed by atoms with E-state index in [1.807, 2.05) is 6.07 Å². The van der Waals surface area contributed by atoms with Gasteiger partial charge in [-0.25, -0.2) is 4.79 Å². The Bertz CT molecular complexity index is 960. The molecule has 1 aliphatic heterocycles. The topological polar surface area (TPSA) is 92.8 Å². The van der Waals surface area contributed by atoms with Crippen LogP contribution in [0.1, 0.15) is 65.9 Å². The molecule has 162 valence electrons. The Kier molecular flexibility index (Phi) is 6.53. The molecule has 0 saturated heterocycles. The van der Waals surface area contributed by atoms with Crippen molar-refractivity contribution in [2.75, 3.05) is 6.54 Å². The summed E-state index contributed by atoms with van der Waals surface area (Å²) in [6.45, 7) is 5.36. The number of carbonyl (C=O) groups excluding carboxylic acids is 4. The highest BCUT2D eigenvalue weighted by Gasteiger charge is 2.35. The Morgan fingerprint density at radius 1 is 0.935 bits per heavy atom. The molecule has 0 unspecified atom stereocenters. The van der Waals surface area contributed by atoms with Crippen LogP contribution in [0.5, 0.6) is 0 Å². The summed E-state index contributed by atoms with van der Waals surface area (Å²) in [5.41, 5.74) is 0.707. The lowest BCUT2D eigenvalue weighted by molar-refractivity contribution is -0.121. The van der Waals surface area contributed by atoms with Crippen LogP contribution in [0.15, 0.2) is 54.6 Å². The first-order chi connectivity index (χ1) is 14.7. The maximum atomic E-state index is 12.9. The van der Waals surface area contributed by atoms with E-state index in [-0.39, 0.29) is 30.6 Å². The van der Waals surface area contributed by atoms with Crippen LogP contribution in [0.2, 0.25) is 0 Å². The van der Waals surface area contributed by atoms with Crippen molar-refractivity contribution in [2.45, 2.75) is 45.3 Å². The van der Waals surface area contributed by atoms with E-state index in [4.69, 9.17) is 4.74 Å². The van der Waals surface area contributed by atoms with E-state index >= 15 is 0 Å². The monoisotopic (exact) mass is 422 g/mol. The molecule has 1 aliphatic rings. The van der Waals surface area contributed by atoms with Crippen molar-refractivity contribution < 1.29 is 23.9 Å². The van der Waals surface area contributed by atoms with Crippen molar-refractivity contribution >= 4 is 23.7 Å². The van der Waals surface area contributed by atoms with E-state index < -0.39 is 17.7 Å². The average molecular weight is 422 g/mol. The summed E-state index contributed by atoms with van der Waals surface area (Å²) in [7, 11) is 0. The van der Waals surface area contributed by atoms with Gasteiger partial charge in [0, 0.05) is 13.0 Å². The molecule has 0 fully saturated rings. The van der Waals surface area contributed by atoms with Crippen LogP contribution < -0.4 is 5.32 Å². The molecule has 7 heteroatoms. The van der Waals surface area contributed by atoms with Crippen LogP contribution in [0, 0.1) is 0 Å². The minimum absolute atomic E-state index is 0.0861. The zero-order valence-corrected chi connectivity index (χ0v) is 17.9. The second-order valence-corrected chi connectivity index (χ2v) is 8.37. The summed E-state index contributed by atoms with van der Waals surface area (Å²) < 4.78 is 5.29. The van der Waals surface area contributed by atoms with E-state index in [1.165, 1.54) is 0 Å². The van der Waals surface area contributed by atoms with Crippen LogP contribution in [-0.4, -0.2) is 40.7 Å². The Balaban J connectivity index is 1.64.